The van der Waals surface area contributed by atoms with Crippen LogP contribution >= 0.6 is 0 Å². The Balaban J connectivity index is 1.97. The molecule has 0 spiro atoms. The molecule has 1 saturated carbocycles. The third kappa shape index (κ3) is 3.81. The summed E-state index contributed by atoms with van der Waals surface area (Å²) in [4.78, 5) is 23.7. The van der Waals surface area contributed by atoms with E-state index in [1.807, 2.05) is 19.9 Å². The summed E-state index contributed by atoms with van der Waals surface area (Å²) in [6.45, 7) is 5.44. The Morgan fingerprint density at radius 2 is 1.79 bits per heavy atom. The average molecular weight is 261 g/mol. The average Bonchev–Trinajstić information content (AvgIpc) is 3.11. The van der Waals surface area contributed by atoms with Crippen molar-refractivity contribution in [2.45, 2.75) is 45.8 Å². The lowest BCUT2D eigenvalue weighted by molar-refractivity contribution is -0.129. The lowest BCUT2D eigenvalue weighted by Crippen LogP contribution is -2.37. The van der Waals surface area contributed by atoms with Crippen LogP contribution in [0.15, 0.2) is 18.2 Å². The molecule has 1 N–H and O–H groups in total. The zero-order valence-corrected chi connectivity index (χ0v) is 11.5. The van der Waals surface area contributed by atoms with Crippen LogP contribution in [0.2, 0.25) is 0 Å². The summed E-state index contributed by atoms with van der Waals surface area (Å²) in [6.07, 6.45) is 1.28. The fourth-order valence-corrected chi connectivity index (χ4v) is 1.92. The molecule has 2 rings (SSSR count). The molecule has 1 aromatic carbocycles. The Kier molecular flexibility index (Phi) is 3.88. The third-order valence-corrected chi connectivity index (χ3v) is 3.03. The van der Waals surface area contributed by atoms with Gasteiger partial charge in [0.05, 0.1) is 5.56 Å². The molecule has 102 valence electrons. The number of hydrogen-bond donors (Lipinski definition) is 1. The van der Waals surface area contributed by atoms with Gasteiger partial charge in [0.1, 0.15) is 0 Å². The van der Waals surface area contributed by atoms with Crippen molar-refractivity contribution in [1.82, 2.24) is 5.32 Å². The third-order valence-electron chi connectivity index (χ3n) is 3.03. The second-order valence-corrected chi connectivity index (χ2v) is 5.21. The number of nitrogens with one attached hydrogen (secondary N) is 1. The lowest BCUT2D eigenvalue weighted by atomic mass is 10.1. The predicted octanol–water partition coefficient (Wildman–Crippen LogP) is 2.13. The summed E-state index contributed by atoms with van der Waals surface area (Å²) in [5.74, 6) is -0.675. The van der Waals surface area contributed by atoms with Crippen molar-refractivity contribution in [1.29, 1.82) is 0 Å². The molecule has 0 radical (unpaired) electrons. The number of rotatable bonds is 4. The fourth-order valence-electron chi connectivity index (χ4n) is 1.92. The first-order valence-corrected chi connectivity index (χ1v) is 6.55. The topological polar surface area (TPSA) is 55.4 Å². The maximum atomic E-state index is 12.0. The summed E-state index contributed by atoms with van der Waals surface area (Å²) in [5, 5.41) is 2.82. The predicted molar refractivity (Wildman–Crippen MR) is 72.0 cm³/mol. The molecule has 0 aromatic heterocycles. The quantitative estimate of drug-likeness (QED) is 0.845. The smallest absolute Gasteiger partial charge is 0.338 e. The van der Waals surface area contributed by atoms with Crippen LogP contribution in [0.1, 0.15) is 41.3 Å². The molecule has 1 unspecified atom stereocenters. The molecular formula is C15H19NO3. The highest BCUT2D eigenvalue weighted by molar-refractivity contribution is 5.92. The van der Waals surface area contributed by atoms with Crippen LogP contribution in [0.25, 0.3) is 0 Å². The minimum atomic E-state index is -0.756. The maximum absolute atomic E-state index is 12.0. The molecule has 0 bridgehead atoms. The van der Waals surface area contributed by atoms with Gasteiger partial charge in [-0.25, -0.2) is 4.79 Å². The van der Waals surface area contributed by atoms with E-state index in [0.717, 1.165) is 24.0 Å². The second-order valence-electron chi connectivity index (χ2n) is 5.21. The molecule has 1 amide bonds. The molecule has 19 heavy (non-hydrogen) atoms. The first-order chi connectivity index (χ1) is 8.95. The van der Waals surface area contributed by atoms with Crippen molar-refractivity contribution in [3.8, 4) is 0 Å². The molecule has 0 aliphatic heterocycles. The monoisotopic (exact) mass is 261 g/mol. The largest absolute Gasteiger partial charge is 0.449 e. The molecule has 0 heterocycles. The van der Waals surface area contributed by atoms with Crippen LogP contribution in [0.5, 0.6) is 0 Å². The Labute approximate surface area is 113 Å². The lowest BCUT2D eigenvalue weighted by Gasteiger charge is -2.13. The second kappa shape index (κ2) is 5.43. The highest BCUT2D eigenvalue weighted by atomic mass is 16.5. The van der Waals surface area contributed by atoms with E-state index in [1.54, 1.807) is 19.1 Å². The van der Waals surface area contributed by atoms with Gasteiger partial charge >= 0.3 is 5.97 Å². The van der Waals surface area contributed by atoms with Crippen LogP contribution < -0.4 is 5.32 Å². The number of hydrogen-bond acceptors (Lipinski definition) is 3. The number of carbonyl (C=O) groups is 2. The van der Waals surface area contributed by atoms with Crippen LogP contribution in [0, 0.1) is 13.8 Å². The van der Waals surface area contributed by atoms with E-state index in [4.69, 9.17) is 4.74 Å². The van der Waals surface area contributed by atoms with Crippen molar-refractivity contribution < 1.29 is 14.3 Å². The summed E-state index contributed by atoms with van der Waals surface area (Å²) < 4.78 is 5.19. The van der Waals surface area contributed by atoms with E-state index in [9.17, 15) is 9.59 Å². The SMILES string of the molecule is Cc1cc(C)cc(C(=O)OC(C)C(=O)NC2CC2)c1. The molecule has 1 aliphatic carbocycles. The zero-order valence-electron chi connectivity index (χ0n) is 11.5. The van der Waals surface area contributed by atoms with Gasteiger partial charge in [-0.05, 0) is 45.7 Å². The van der Waals surface area contributed by atoms with Crippen molar-refractivity contribution in [2.24, 2.45) is 0 Å². The van der Waals surface area contributed by atoms with E-state index in [1.165, 1.54) is 0 Å². The fraction of sp³-hybridized carbons (Fsp3) is 0.467. The summed E-state index contributed by atoms with van der Waals surface area (Å²) in [5.41, 5.74) is 2.49. The molecule has 1 atom stereocenters. The molecule has 1 aromatic rings. The molecule has 0 saturated heterocycles. The molecule has 1 fully saturated rings. The van der Waals surface area contributed by atoms with Gasteiger partial charge in [0, 0.05) is 6.04 Å². The first-order valence-electron chi connectivity index (χ1n) is 6.55. The van der Waals surface area contributed by atoms with Crippen LogP contribution in [-0.2, 0) is 9.53 Å². The van der Waals surface area contributed by atoms with Gasteiger partial charge in [-0.3, -0.25) is 4.79 Å². The van der Waals surface area contributed by atoms with Gasteiger partial charge in [-0.15, -0.1) is 0 Å². The number of amides is 1. The van der Waals surface area contributed by atoms with Crippen LogP contribution in [-0.4, -0.2) is 24.0 Å². The molecular weight excluding hydrogens is 242 g/mol. The van der Waals surface area contributed by atoms with Gasteiger partial charge in [-0.2, -0.15) is 0 Å². The zero-order chi connectivity index (χ0) is 14.0. The highest BCUT2D eigenvalue weighted by Gasteiger charge is 2.27. The summed E-state index contributed by atoms with van der Waals surface area (Å²) in [7, 11) is 0. The van der Waals surface area contributed by atoms with Crippen molar-refractivity contribution in [3.63, 3.8) is 0 Å². The Morgan fingerprint density at radius 1 is 1.21 bits per heavy atom. The molecule has 4 nitrogen and oxygen atoms in total. The number of aryl methyl sites for hydroxylation is 2. The minimum Gasteiger partial charge on any atom is -0.449 e. The van der Waals surface area contributed by atoms with Gasteiger partial charge in [0.25, 0.3) is 5.91 Å². The number of ether oxygens (including phenoxy) is 1. The Bertz CT molecular complexity index is 486. The van der Waals surface area contributed by atoms with Gasteiger partial charge < -0.3 is 10.1 Å². The van der Waals surface area contributed by atoms with E-state index < -0.39 is 12.1 Å². The van der Waals surface area contributed by atoms with Crippen molar-refractivity contribution in [2.75, 3.05) is 0 Å². The summed E-state index contributed by atoms with van der Waals surface area (Å²) >= 11 is 0. The Hall–Kier alpha value is -1.84. The van der Waals surface area contributed by atoms with Gasteiger partial charge in [-0.1, -0.05) is 17.2 Å². The van der Waals surface area contributed by atoms with Crippen molar-refractivity contribution >= 4 is 11.9 Å². The van der Waals surface area contributed by atoms with E-state index in [-0.39, 0.29) is 11.9 Å². The van der Waals surface area contributed by atoms with E-state index >= 15 is 0 Å². The molecule has 1 aliphatic rings. The minimum absolute atomic E-state index is 0.222. The normalized spacial score (nSPS) is 15.7. The number of carbonyl (C=O) groups excluding carboxylic acids is 2. The van der Waals surface area contributed by atoms with E-state index in [0.29, 0.717) is 5.56 Å². The van der Waals surface area contributed by atoms with Gasteiger partial charge in [0.2, 0.25) is 0 Å². The maximum Gasteiger partial charge on any atom is 0.338 e. The number of esters is 1. The van der Waals surface area contributed by atoms with Crippen molar-refractivity contribution in [3.05, 3.63) is 34.9 Å². The van der Waals surface area contributed by atoms with Crippen LogP contribution in [0.3, 0.4) is 0 Å². The molecule has 4 heteroatoms. The summed E-state index contributed by atoms with van der Waals surface area (Å²) in [6, 6.07) is 5.79. The first kappa shape index (κ1) is 13.6. The van der Waals surface area contributed by atoms with Gasteiger partial charge in [0.15, 0.2) is 6.10 Å². The number of benzene rings is 1. The highest BCUT2D eigenvalue weighted by Crippen LogP contribution is 2.19. The Morgan fingerprint density at radius 3 is 2.32 bits per heavy atom. The van der Waals surface area contributed by atoms with E-state index in [2.05, 4.69) is 5.32 Å². The standard InChI is InChI=1S/C15H19NO3/c1-9-6-10(2)8-12(7-9)15(18)19-11(3)14(17)16-13-4-5-13/h6-8,11,13H,4-5H2,1-3H3,(H,16,17). The van der Waals surface area contributed by atoms with Crippen LogP contribution in [0.4, 0.5) is 0 Å².